The minimum atomic E-state index is -0.545. The molecule has 33 heavy (non-hydrogen) atoms. The fourth-order valence-electron chi connectivity index (χ4n) is 2.95. The number of esters is 1. The summed E-state index contributed by atoms with van der Waals surface area (Å²) in [5.74, 6) is 0.115. The van der Waals surface area contributed by atoms with Crippen molar-refractivity contribution in [3.05, 3.63) is 89.4 Å². The Bertz CT molecular complexity index is 1250. The van der Waals surface area contributed by atoms with Crippen molar-refractivity contribution in [3.8, 4) is 17.1 Å². The number of carbonyl (C=O) groups excluding carboxylic acids is 1. The number of carbonyl (C=O) groups is 1. The molecule has 0 saturated carbocycles. The average molecular weight is 522 g/mol. The van der Waals surface area contributed by atoms with Crippen molar-refractivity contribution in [1.82, 2.24) is 14.8 Å². The first-order chi connectivity index (χ1) is 16.2. The molecule has 0 fully saturated rings. The Labute approximate surface area is 204 Å². The number of para-hydroxylation sites is 1. The van der Waals surface area contributed by atoms with Gasteiger partial charge in [0, 0.05) is 15.7 Å². The van der Waals surface area contributed by atoms with Crippen LogP contribution in [0.5, 0.6) is 0 Å². The van der Waals surface area contributed by atoms with Crippen LogP contribution in [0.25, 0.3) is 17.1 Å². The van der Waals surface area contributed by atoms with Gasteiger partial charge in [-0.25, -0.2) is 4.79 Å². The third-order valence-corrected chi connectivity index (χ3v) is 5.88. The number of nitrogens with zero attached hydrogens (tertiary/aromatic N) is 4. The highest BCUT2D eigenvalue weighted by molar-refractivity contribution is 9.10. The number of thioether (sulfide) groups is 1. The SMILES string of the molecule is CCOC(=O)/C(=N/Nc1ccc(Br)cc1)Sc1nnc(-c2ccccc2)n1-c1ccccc1. The molecule has 7 nitrogen and oxygen atoms in total. The molecule has 166 valence electrons. The van der Waals surface area contributed by atoms with Gasteiger partial charge in [0.25, 0.3) is 0 Å². The summed E-state index contributed by atoms with van der Waals surface area (Å²) in [7, 11) is 0. The largest absolute Gasteiger partial charge is 0.461 e. The maximum Gasteiger partial charge on any atom is 0.365 e. The smallest absolute Gasteiger partial charge is 0.365 e. The standard InChI is InChI=1S/C24H20BrN5O2S/c1-2-32-23(31)22(28-26-19-15-13-18(25)14-16-19)33-24-29-27-21(17-9-5-3-6-10-17)30(24)20-11-7-4-8-12-20/h3-16,26H,2H2,1H3/b28-22-. The number of ether oxygens (including phenoxy) is 1. The topological polar surface area (TPSA) is 81.4 Å². The van der Waals surface area contributed by atoms with E-state index in [1.807, 2.05) is 89.5 Å². The summed E-state index contributed by atoms with van der Waals surface area (Å²) in [6, 6.07) is 27.0. The van der Waals surface area contributed by atoms with Gasteiger partial charge >= 0.3 is 5.97 Å². The van der Waals surface area contributed by atoms with Gasteiger partial charge in [-0.2, -0.15) is 5.10 Å². The van der Waals surface area contributed by atoms with Gasteiger partial charge in [-0.05, 0) is 55.1 Å². The summed E-state index contributed by atoms with van der Waals surface area (Å²) in [6.45, 7) is 1.99. The lowest BCUT2D eigenvalue weighted by molar-refractivity contribution is -0.134. The average Bonchev–Trinajstić information content (AvgIpc) is 3.27. The first-order valence-corrected chi connectivity index (χ1v) is 11.8. The molecule has 0 radical (unpaired) electrons. The highest BCUT2D eigenvalue weighted by Crippen LogP contribution is 2.29. The van der Waals surface area contributed by atoms with Gasteiger partial charge in [0.05, 0.1) is 12.3 Å². The molecule has 0 unspecified atom stereocenters. The van der Waals surface area contributed by atoms with E-state index in [4.69, 9.17) is 4.74 Å². The molecule has 0 amide bonds. The molecule has 0 saturated heterocycles. The zero-order chi connectivity index (χ0) is 23.0. The molecular weight excluding hydrogens is 502 g/mol. The molecule has 4 aromatic rings. The summed E-state index contributed by atoms with van der Waals surface area (Å²) in [6.07, 6.45) is 0. The van der Waals surface area contributed by atoms with E-state index >= 15 is 0 Å². The van der Waals surface area contributed by atoms with Crippen LogP contribution in [-0.4, -0.2) is 32.4 Å². The van der Waals surface area contributed by atoms with E-state index < -0.39 is 5.97 Å². The molecule has 9 heteroatoms. The third kappa shape index (κ3) is 5.68. The second kappa shape index (κ2) is 10.9. The van der Waals surface area contributed by atoms with Crippen molar-refractivity contribution in [2.24, 2.45) is 5.10 Å². The molecule has 0 aliphatic heterocycles. The van der Waals surface area contributed by atoms with E-state index in [9.17, 15) is 4.79 Å². The fourth-order valence-corrected chi connectivity index (χ4v) is 3.98. The number of aromatic nitrogens is 3. The predicted molar refractivity (Wildman–Crippen MR) is 134 cm³/mol. The monoisotopic (exact) mass is 521 g/mol. The number of hydrogen-bond donors (Lipinski definition) is 1. The molecular formula is C24H20BrN5O2S. The number of rotatable bonds is 6. The van der Waals surface area contributed by atoms with Crippen LogP contribution in [0.1, 0.15) is 6.92 Å². The lowest BCUT2D eigenvalue weighted by Gasteiger charge is -2.11. The van der Waals surface area contributed by atoms with Gasteiger partial charge in [-0.3, -0.25) is 9.99 Å². The number of halogens is 1. The molecule has 3 aromatic carbocycles. The molecule has 1 N–H and O–H groups in total. The van der Waals surface area contributed by atoms with Crippen molar-refractivity contribution in [1.29, 1.82) is 0 Å². The summed E-state index contributed by atoms with van der Waals surface area (Å²) in [4.78, 5) is 12.7. The number of hydrogen-bond acceptors (Lipinski definition) is 7. The summed E-state index contributed by atoms with van der Waals surface area (Å²) < 4.78 is 8.07. The molecule has 0 aliphatic rings. The molecule has 0 atom stereocenters. The Morgan fingerprint density at radius 3 is 2.33 bits per heavy atom. The lowest BCUT2D eigenvalue weighted by atomic mass is 10.2. The van der Waals surface area contributed by atoms with Crippen LogP contribution in [0.3, 0.4) is 0 Å². The fraction of sp³-hybridized carbons (Fsp3) is 0.0833. The van der Waals surface area contributed by atoms with E-state index in [2.05, 4.69) is 36.7 Å². The Kier molecular flexibility index (Phi) is 7.54. The second-order valence-electron chi connectivity index (χ2n) is 6.70. The van der Waals surface area contributed by atoms with Gasteiger partial charge in [0.1, 0.15) is 0 Å². The summed E-state index contributed by atoms with van der Waals surface area (Å²) in [5, 5.41) is 13.7. The first kappa shape index (κ1) is 22.8. The maximum absolute atomic E-state index is 12.7. The van der Waals surface area contributed by atoms with Gasteiger partial charge in [-0.1, -0.05) is 64.5 Å². The Hall–Kier alpha value is -3.43. The lowest BCUT2D eigenvalue weighted by Crippen LogP contribution is -2.17. The summed E-state index contributed by atoms with van der Waals surface area (Å²) >= 11 is 4.49. The predicted octanol–water partition coefficient (Wildman–Crippen LogP) is 5.78. The summed E-state index contributed by atoms with van der Waals surface area (Å²) in [5.41, 5.74) is 5.42. The van der Waals surface area contributed by atoms with Gasteiger partial charge in [0.2, 0.25) is 10.2 Å². The van der Waals surface area contributed by atoms with Crippen molar-refractivity contribution in [3.63, 3.8) is 0 Å². The minimum absolute atomic E-state index is 0.115. The Morgan fingerprint density at radius 2 is 1.67 bits per heavy atom. The van der Waals surface area contributed by atoms with Crippen LogP contribution in [0.2, 0.25) is 0 Å². The number of anilines is 1. The number of hydrazone groups is 1. The molecule has 1 aromatic heterocycles. The number of nitrogens with one attached hydrogen (secondary N) is 1. The second-order valence-corrected chi connectivity index (χ2v) is 8.57. The van der Waals surface area contributed by atoms with Crippen molar-refractivity contribution in [2.75, 3.05) is 12.0 Å². The van der Waals surface area contributed by atoms with Gasteiger partial charge in [0.15, 0.2) is 5.82 Å². The number of benzene rings is 3. The molecule has 4 rings (SSSR count). The van der Waals surface area contributed by atoms with Crippen molar-refractivity contribution >= 4 is 44.4 Å². The Balaban J connectivity index is 1.72. The zero-order valence-corrected chi connectivity index (χ0v) is 20.1. The molecule has 0 aliphatic carbocycles. The van der Waals surface area contributed by atoms with E-state index in [1.54, 1.807) is 6.92 Å². The maximum atomic E-state index is 12.7. The normalized spacial score (nSPS) is 11.3. The third-order valence-electron chi connectivity index (χ3n) is 4.45. The van der Waals surface area contributed by atoms with Crippen LogP contribution < -0.4 is 5.43 Å². The van der Waals surface area contributed by atoms with E-state index in [0.29, 0.717) is 11.0 Å². The first-order valence-electron chi connectivity index (χ1n) is 10.2. The van der Waals surface area contributed by atoms with Crippen LogP contribution in [0, 0.1) is 0 Å². The van der Waals surface area contributed by atoms with Crippen molar-refractivity contribution in [2.45, 2.75) is 12.1 Å². The Morgan fingerprint density at radius 1 is 1.00 bits per heavy atom. The quantitative estimate of drug-likeness (QED) is 0.114. The molecule has 1 heterocycles. The van der Waals surface area contributed by atoms with Gasteiger partial charge in [-0.15, -0.1) is 10.2 Å². The van der Waals surface area contributed by atoms with Crippen LogP contribution in [0.4, 0.5) is 5.69 Å². The highest BCUT2D eigenvalue weighted by Gasteiger charge is 2.22. The molecule has 0 bridgehead atoms. The van der Waals surface area contributed by atoms with E-state index in [0.717, 1.165) is 33.2 Å². The highest BCUT2D eigenvalue weighted by atomic mass is 79.9. The van der Waals surface area contributed by atoms with Crippen LogP contribution in [-0.2, 0) is 9.53 Å². The van der Waals surface area contributed by atoms with Crippen molar-refractivity contribution < 1.29 is 9.53 Å². The van der Waals surface area contributed by atoms with Crippen LogP contribution in [0.15, 0.2) is 99.7 Å². The van der Waals surface area contributed by atoms with Gasteiger partial charge < -0.3 is 4.74 Å². The van der Waals surface area contributed by atoms with Crippen LogP contribution >= 0.6 is 27.7 Å². The van der Waals surface area contributed by atoms with E-state index in [1.165, 1.54) is 0 Å². The molecule has 0 spiro atoms. The van der Waals surface area contributed by atoms with E-state index in [-0.39, 0.29) is 11.7 Å². The zero-order valence-electron chi connectivity index (χ0n) is 17.7. The minimum Gasteiger partial charge on any atom is -0.461 e.